The number of aryl methyl sites for hydroxylation is 2. The number of aliphatic carboxylic acids is 1. The Morgan fingerprint density at radius 2 is 2.21 bits per heavy atom. The van der Waals surface area contributed by atoms with Crippen molar-refractivity contribution in [2.24, 2.45) is 0 Å². The molecule has 6 heteroatoms. The predicted octanol–water partition coefficient (Wildman–Crippen LogP) is 2.97. The van der Waals surface area contributed by atoms with Gasteiger partial charge in [-0.3, -0.25) is 0 Å². The van der Waals surface area contributed by atoms with Gasteiger partial charge in [-0.1, -0.05) is 13.3 Å². The Kier molecular flexibility index (Phi) is 3.99. The summed E-state index contributed by atoms with van der Waals surface area (Å²) in [5, 5.41) is 13.2. The maximum absolute atomic E-state index is 11.2. The summed E-state index contributed by atoms with van der Waals surface area (Å²) in [4.78, 5) is 21.7. The zero-order chi connectivity index (χ0) is 14.0. The summed E-state index contributed by atoms with van der Waals surface area (Å²) in [5.41, 5.74) is 1.11. The fourth-order valence-electron chi connectivity index (χ4n) is 2.00. The largest absolute Gasteiger partial charge is 0.480 e. The van der Waals surface area contributed by atoms with E-state index in [4.69, 9.17) is 0 Å². The van der Waals surface area contributed by atoms with E-state index in [-0.39, 0.29) is 0 Å². The summed E-state index contributed by atoms with van der Waals surface area (Å²) in [7, 11) is 0. The fourth-order valence-corrected chi connectivity index (χ4v) is 3.00. The summed E-state index contributed by atoms with van der Waals surface area (Å²) in [6, 6.07) is -0.609. The van der Waals surface area contributed by atoms with Crippen molar-refractivity contribution in [1.29, 1.82) is 0 Å². The Bertz CT molecular complexity index is 609. The third-order valence-corrected chi connectivity index (χ3v) is 4.27. The molecule has 0 aliphatic heterocycles. The zero-order valence-electron chi connectivity index (χ0n) is 11.2. The molecule has 0 aliphatic carbocycles. The maximum Gasteiger partial charge on any atom is 0.326 e. The number of rotatable bonds is 5. The van der Waals surface area contributed by atoms with Crippen LogP contribution in [0.15, 0.2) is 6.33 Å². The SMILES string of the molecule is CCCC(Nc1ncnc2sc(C)c(C)c12)C(=O)O. The second-order valence-electron chi connectivity index (χ2n) is 4.51. The van der Waals surface area contributed by atoms with E-state index in [0.717, 1.165) is 22.2 Å². The van der Waals surface area contributed by atoms with E-state index >= 15 is 0 Å². The zero-order valence-corrected chi connectivity index (χ0v) is 12.0. The average molecular weight is 279 g/mol. The Balaban J connectivity index is 2.42. The molecule has 19 heavy (non-hydrogen) atoms. The lowest BCUT2D eigenvalue weighted by atomic mass is 10.1. The molecule has 2 rings (SSSR count). The molecule has 2 heterocycles. The number of carboxylic acid groups (broad SMARTS) is 1. The number of hydrogen-bond donors (Lipinski definition) is 2. The van der Waals surface area contributed by atoms with Crippen LogP contribution in [0.2, 0.25) is 0 Å². The van der Waals surface area contributed by atoms with Gasteiger partial charge in [0.1, 0.15) is 23.0 Å². The van der Waals surface area contributed by atoms with Gasteiger partial charge in [-0.15, -0.1) is 11.3 Å². The number of nitrogens with one attached hydrogen (secondary N) is 1. The second-order valence-corrected chi connectivity index (χ2v) is 5.71. The van der Waals surface area contributed by atoms with Crippen molar-refractivity contribution in [2.45, 2.75) is 39.7 Å². The summed E-state index contributed by atoms with van der Waals surface area (Å²) < 4.78 is 0. The molecule has 0 spiro atoms. The van der Waals surface area contributed by atoms with Gasteiger partial charge in [0.15, 0.2) is 0 Å². The minimum atomic E-state index is -0.849. The van der Waals surface area contributed by atoms with Gasteiger partial charge in [0.25, 0.3) is 0 Å². The number of carboxylic acids is 1. The molecule has 0 bridgehead atoms. The number of carbonyl (C=O) groups is 1. The van der Waals surface area contributed by atoms with Crippen molar-refractivity contribution in [3.8, 4) is 0 Å². The minimum Gasteiger partial charge on any atom is -0.480 e. The minimum absolute atomic E-state index is 0.572. The smallest absolute Gasteiger partial charge is 0.326 e. The number of nitrogens with zero attached hydrogens (tertiary/aromatic N) is 2. The molecular weight excluding hydrogens is 262 g/mol. The van der Waals surface area contributed by atoms with E-state index in [9.17, 15) is 9.90 Å². The molecule has 102 valence electrons. The summed E-state index contributed by atoms with van der Waals surface area (Å²) >= 11 is 1.60. The van der Waals surface area contributed by atoms with Crippen LogP contribution in [0.25, 0.3) is 10.2 Å². The molecule has 0 amide bonds. The molecule has 1 atom stereocenters. The third-order valence-electron chi connectivity index (χ3n) is 3.15. The Labute approximate surface area is 115 Å². The van der Waals surface area contributed by atoms with Gasteiger partial charge in [0, 0.05) is 4.88 Å². The molecule has 1 unspecified atom stereocenters. The van der Waals surface area contributed by atoms with Crippen molar-refractivity contribution < 1.29 is 9.90 Å². The van der Waals surface area contributed by atoms with E-state index in [1.54, 1.807) is 11.3 Å². The van der Waals surface area contributed by atoms with Crippen LogP contribution in [0, 0.1) is 13.8 Å². The fraction of sp³-hybridized carbons (Fsp3) is 0.462. The van der Waals surface area contributed by atoms with E-state index in [2.05, 4.69) is 15.3 Å². The number of anilines is 1. The lowest BCUT2D eigenvalue weighted by Crippen LogP contribution is -2.29. The monoisotopic (exact) mass is 279 g/mol. The molecular formula is C13H17N3O2S. The first-order chi connectivity index (χ1) is 9.04. The van der Waals surface area contributed by atoms with Crippen molar-refractivity contribution in [2.75, 3.05) is 5.32 Å². The molecule has 0 fully saturated rings. The Morgan fingerprint density at radius 1 is 1.47 bits per heavy atom. The molecule has 0 saturated carbocycles. The van der Waals surface area contributed by atoms with E-state index in [0.29, 0.717) is 12.2 Å². The lowest BCUT2D eigenvalue weighted by molar-refractivity contribution is -0.138. The molecule has 0 saturated heterocycles. The molecule has 0 aliphatic rings. The molecule has 5 nitrogen and oxygen atoms in total. The van der Waals surface area contributed by atoms with Crippen LogP contribution in [0.1, 0.15) is 30.2 Å². The lowest BCUT2D eigenvalue weighted by Gasteiger charge is -2.14. The van der Waals surface area contributed by atoms with Crippen LogP contribution in [0.5, 0.6) is 0 Å². The highest BCUT2D eigenvalue weighted by molar-refractivity contribution is 7.18. The van der Waals surface area contributed by atoms with Gasteiger partial charge >= 0.3 is 5.97 Å². The van der Waals surface area contributed by atoms with Gasteiger partial charge in [0.05, 0.1) is 5.39 Å². The van der Waals surface area contributed by atoms with Gasteiger partial charge in [-0.05, 0) is 25.8 Å². The number of fused-ring (bicyclic) bond motifs is 1. The highest BCUT2D eigenvalue weighted by atomic mass is 32.1. The molecule has 2 aromatic heterocycles. The molecule has 2 N–H and O–H groups in total. The van der Waals surface area contributed by atoms with Gasteiger partial charge in [-0.2, -0.15) is 0 Å². The third kappa shape index (κ3) is 2.68. The highest BCUT2D eigenvalue weighted by Gasteiger charge is 2.19. The molecule has 0 radical (unpaired) electrons. The van der Waals surface area contributed by atoms with Crippen LogP contribution < -0.4 is 5.32 Å². The summed E-state index contributed by atoms with van der Waals surface area (Å²) in [6.45, 7) is 6.01. The van der Waals surface area contributed by atoms with E-state index < -0.39 is 12.0 Å². The van der Waals surface area contributed by atoms with Crippen LogP contribution in [0.4, 0.5) is 5.82 Å². The van der Waals surface area contributed by atoms with Gasteiger partial charge in [0.2, 0.25) is 0 Å². The first-order valence-electron chi connectivity index (χ1n) is 6.24. The van der Waals surface area contributed by atoms with Crippen molar-refractivity contribution in [3.05, 3.63) is 16.8 Å². The first kappa shape index (κ1) is 13.7. The van der Waals surface area contributed by atoms with E-state index in [1.165, 1.54) is 11.2 Å². The standard InChI is InChI=1S/C13H17N3O2S/c1-4-5-9(13(17)18)16-11-10-7(2)8(3)19-12(10)15-6-14-11/h6,9H,4-5H2,1-3H3,(H,17,18)(H,14,15,16). The quantitative estimate of drug-likeness (QED) is 0.880. The van der Waals surface area contributed by atoms with Crippen LogP contribution in [0.3, 0.4) is 0 Å². The first-order valence-corrected chi connectivity index (χ1v) is 7.06. The second kappa shape index (κ2) is 5.52. The number of aromatic nitrogens is 2. The predicted molar refractivity (Wildman–Crippen MR) is 76.8 cm³/mol. The highest BCUT2D eigenvalue weighted by Crippen LogP contribution is 2.32. The van der Waals surface area contributed by atoms with Crippen molar-refractivity contribution in [3.63, 3.8) is 0 Å². The van der Waals surface area contributed by atoms with Crippen LogP contribution in [-0.4, -0.2) is 27.1 Å². The molecule has 0 aromatic carbocycles. The molecule has 2 aromatic rings. The average Bonchev–Trinajstić information content (AvgIpc) is 2.65. The Morgan fingerprint density at radius 3 is 2.84 bits per heavy atom. The van der Waals surface area contributed by atoms with Crippen LogP contribution >= 0.6 is 11.3 Å². The van der Waals surface area contributed by atoms with Gasteiger partial charge < -0.3 is 10.4 Å². The van der Waals surface area contributed by atoms with Crippen molar-refractivity contribution in [1.82, 2.24) is 9.97 Å². The van der Waals surface area contributed by atoms with Crippen LogP contribution in [-0.2, 0) is 4.79 Å². The normalized spacial score (nSPS) is 12.6. The Hall–Kier alpha value is -1.69. The number of hydrogen-bond acceptors (Lipinski definition) is 5. The maximum atomic E-state index is 11.2. The van der Waals surface area contributed by atoms with E-state index in [1.807, 2.05) is 20.8 Å². The van der Waals surface area contributed by atoms with Crippen molar-refractivity contribution >= 4 is 33.3 Å². The summed E-state index contributed by atoms with van der Waals surface area (Å²) in [6.07, 6.45) is 2.85. The van der Waals surface area contributed by atoms with Gasteiger partial charge in [-0.25, -0.2) is 14.8 Å². The summed E-state index contributed by atoms with van der Waals surface area (Å²) in [5.74, 6) is -0.231. The topological polar surface area (TPSA) is 75.1 Å². The number of thiophene rings is 1.